The van der Waals surface area contributed by atoms with E-state index in [1.54, 1.807) is 45.2 Å². The second-order valence-corrected chi connectivity index (χ2v) is 10.4. The van der Waals surface area contributed by atoms with Crippen LogP contribution in [0.4, 0.5) is 5.69 Å². The van der Waals surface area contributed by atoms with E-state index in [4.69, 9.17) is 5.11 Å². The molecular formula is C26H36N2O5. The first-order valence-electron chi connectivity index (χ1n) is 11.2. The number of hydrogen-bond donors (Lipinski definition) is 3. The number of benzene rings is 1. The van der Waals surface area contributed by atoms with Crippen LogP contribution >= 0.6 is 0 Å². The number of aliphatic hydroxyl groups is 1. The molecule has 7 heteroatoms. The molecule has 0 saturated carbocycles. The maximum absolute atomic E-state index is 11.5. The van der Waals surface area contributed by atoms with Crippen molar-refractivity contribution in [3.05, 3.63) is 47.3 Å². The van der Waals surface area contributed by atoms with E-state index in [0.717, 1.165) is 42.7 Å². The molecule has 0 unspecified atom stereocenters. The third-order valence-electron chi connectivity index (χ3n) is 5.55. The summed E-state index contributed by atoms with van der Waals surface area (Å²) < 4.78 is 0. The Hall–Kier alpha value is -2.93. The van der Waals surface area contributed by atoms with Gasteiger partial charge in [0.05, 0.1) is 23.3 Å². The highest BCUT2D eigenvalue weighted by atomic mass is 16.4. The predicted octanol–water partition coefficient (Wildman–Crippen LogP) is 4.79. The highest BCUT2D eigenvalue weighted by molar-refractivity contribution is 5.91. The highest BCUT2D eigenvalue weighted by Crippen LogP contribution is 2.40. The lowest BCUT2D eigenvalue weighted by Crippen LogP contribution is -2.38. The molecule has 0 amide bonds. The summed E-state index contributed by atoms with van der Waals surface area (Å²) in [6.45, 7) is 13.2. The van der Waals surface area contributed by atoms with Gasteiger partial charge in [0.15, 0.2) is 0 Å². The number of carboxylic acids is 2. The third-order valence-corrected chi connectivity index (χ3v) is 5.55. The van der Waals surface area contributed by atoms with Crippen LogP contribution in [-0.2, 0) is 11.2 Å². The van der Waals surface area contributed by atoms with Crippen LogP contribution in [0.15, 0.2) is 30.5 Å². The normalized spacial score (nSPS) is 15.4. The average Bonchev–Trinajstić information content (AvgIpc) is 2.68. The summed E-state index contributed by atoms with van der Waals surface area (Å²) >= 11 is 0. The SMILES string of the molecule is CC(C)(C)O.Cc1ncc(-c2cccc(C(=O)O)c2)c(N2CCC(C)(C)CC2)c1CC(=O)O. The molecule has 1 aliphatic rings. The second-order valence-electron chi connectivity index (χ2n) is 10.4. The summed E-state index contributed by atoms with van der Waals surface area (Å²) in [6, 6.07) is 6.73. The van der Waals surface area contributed by atoms with Crippen LogP contribution in [0, 0.1) is 12.3 Å². The number of carboxylic acid groups (broad SMARTS) is 2. The van der Waals surface area contributed by atoms with Crippen molar-refractivity contribution in [2.75, 3.05) is 18.0 Å². The van der Waals surface area contributed by atoms with E-state index >= 15 is 0 Å². The van der Waals surface area contributed by atoms with Crippen molar-refractivity contribution in [2.45, 2.75) is 66.4 Å². The number of hydrogen-bond acceptors (Lipinski definition) is 5. The fraction of sp³-hybridized carbons (Fsp3) is 0.500. The van der Waals surface area contributed by atoms with Gasteiger partial charge in [-0.25, -0.2) is 4.79 Å². The maximum atomic E-state index is 11.5. The van der Waals surface area contributed by atoms with Crippen molar-refractivity contribution in [1.82, 2.24) is 4.98 Å². The lowest BCUT2D eigenvalue weighted by atomic mass is 9.82. The zero-order valence-electron chi connectivity index (χ0n) is 20.5. The van der Waals surface area contributed by atoms with Crippen molar-refractivity contribution in [2.24, 2.45) is 5.41 Å². The molecule has 1 aromatic carbocycles. The Morgan fingerprint density at radius 2 is 1.70 bits per heavy atom. The van der Waals surface area contributed by atoms with Crippen LogP contribution < -0.4 is 4.90 Å². The number of aromatic carboxylic acids is 1. The van der Waals surface area contributed by atoms with Gasteiger partial charge in [-0.1, -0.05) is 26.0 Å². The number of rotatable bonds is 5. The van der Waals surface area contributed by atoms with Crippen LogP contribution in [0.3, 0.4) is 0 Å². The Bertz CT molecular complexity index is 992. The van der Waals surface area contributed by atoms with Gasteiger partial charge >= 0.3 is 11.9 Å². The Labute approximate surface area is 196 Å². The molecule has 33 heavy (non-hydrogen) atoms. The van der Waals surface area contributed by atoms with E-state index in [9.17, 15) is 19.8 Å². The summed E-state index contributed by atoms with van der Waals surface area (Å²) in [7, 11) is 0. The second kappa shape index (κ2) is 10.3. The van der Waals surface area contributed by atoms with Gasteiger partial charge in [-0.2, -0.15) is 0 Å². The summed E-state index contributed by atoms with van der Waals surface area (Å²) in [4.78, 5) is 29.6. The molecular weight excluding hydrogens is 420 g/mol. The molecule has 1 fully saturated rings. The molecule has 1 aromatic heterocycles. The standard InChI is InChI=1S/C22H26N2O4.C4H10O/c1-14-17(12-19(25)26)20(24-9-7-22(2,3)8-10-24)18(13-23-14)15-5-4-6-16(11-15)21(27)28;1-4(2,3)5/h4-6,11,13H,7-10,12H2,1-3H3,(H,25,26)(H,27,28);5H,1-3H3. The molecule has 1 aliphatic heterocycles. The number of nitrogens with zero attached hydrogens (tertiary/aromatic N) is 2. The van der Waals surface area contributed by atoms with Crippen molar-refractivity contribution in [3.63, 3.8) is 0 Å². The zero-order chi connectivity index (χ0) is 25.0. The largest absolute Gasteiger partial charge is 0.481 e. The summed E-state index contributed by atoms with van der Waals surface area (Å²) in [5, 5.41) is 27.3. The van der Waals surface area contributed by atoms with Gasteiger partial charge in [0, 0.05) is 36.1 Å². The summed E-state index contributed by atoms with van der Waals surface area (Å²) in [6.07, 6.45) is 3.64. The van der Waals surface area contributed by atoms with E-state index in [1.807, 2.05) is 13.0 Å². The molecule has 0 spiro atoms. The molecule has 3 rings (SSSR count). The van der Waals surface area contributed by atoms with Crippen LogP contribution in [-0.4, -0.2) is 50.9 Å². The molecule has 180 valence electrons. The van der Waals surface area contributed by atoms with Gasteiger partial charge < -0.3 is 20.2 Å². The van der Waals surface area contributed by atoms with Gasteiger partial charge in [-0.3, -0.25) is 9.78 Å². The number of carbonyl (C=O) groups is 2. The number of aliphatic carboxylic acids is 1. The quantitative estimate of drug-likeness (QED) is 0.593. The van der Waals surface area contributed by atoms with E-state index in [-0.39, 0.29) is 17.4 Å². The zero-order valence-corrected chi connectivity index (χ0v) is 20.5. The Morgan fingerprint density at radius 3 is 2.21 bits per heavy atom. The van der Waals surface area contributed by atoms with Crippen LogP contribution in [0.5, 0.6) is 0 Å². The van der Waals surface area contributed by atoms with Crippen LogP contribution in [0.1, 0.15) is 69.1 Å². The fourth-order valence-corrected chi connectivity index (χ4v) is 3.73. The lowest BCUT2D eigenvalue weighted by Gasteiger charge is -2.40. The third kappa shape index (κ3) is 7.86. The Balaban J connectivity index is 0.000000696. The lowest BCUT2D eigenvalue weighted by molar-refractivity contribution is -0.136. The van der Waals surface area contributed by atoms with Gasteiger partial charge in [-0.05, 0) is 63.6 Å². The Kier molecular flexibility index (Phi) is 8.25. The highest BCUT2D eigenvalue weighted by Gasteiger charge is 2.29. The number of pyridine rings is 1. The first-order chi connectivity index (χ1) is 15.2. The van der Waals surface area contributed by atoms with E-state index in [1.165, 1.54) is 0 Å². The minimum Gasteiger partial charge on any atom is -0.481 e. The van der Waals surface area contributed by atoms with Gasteiger partial charge in [-0.15, -0.1) is 0 Å². The van der Waals surface area contributed by atoms with E-state index in [2.05, 4.69) is 23.7 Å². The Morgan fingerprint density at radius 1 is 1.12 bits per heavy atom. The molecule has 1 saturated heterocycles. The van der Waals surface area contributed by atoms with E-state index in [0.29, 0.717) is 11.3 Å². The van der Waals surface area contributed by atoms with Crippen LogP contribution in [0.25, 0.3) is 11.1 Å². The molecule has 0 bridgehead atoms. The first-order valence-corrected chi connectivity index (χ1v) is 11.2. The smallest absolute Gasteiger partial charge is 0.335 e. The fourth-order valence-electron chi connectivity index (χ4n) is 3.73. The van der Waals surface area contributed by atoms with Gasteiger partial charge in [0.2, 0.25) is 0 Å². The molecule has 2 heterocycles. The van der Waals surface area contributed by atoms with Crippen molar-refractivity contribution in [3.8, 4) is 11.1 Å². The number of anilines is 1. The summed E-state index contributed by atoms with van der Waals surface area (Å²) in [5.74, 6) is -1.89. The van der Waals surface area contributed by atoms with Crippen LogP contribution in [0.2, 0.25) is 0 Å². The topological polar surface area (TPSA) is 111 Å². The van der Waals surface area contributed by atoms with Crippen molar-refractivity contribution in [1.29, 1.82) is 0 Å². The first kappa shape index (κ1) is 26.3. The minimum atomic E-state index is -0.992. The summed E-state index contributed by atoms with van der Waals surface area (Å²) in [5.41, 5.74) is 3.74. The van der Waals surface area contributed by atoms with E-state index < -0.39 is 17.5 Å². The number of aryl methyl sites for hydroxylation is 1. The molecule has 0 atom stereocenters. The molecule has 7 nitrogen and oxygen atoms in total. The van der Waals surface area contributed by atoms with Crippen molar-refractivity contribution >= 4 is 17.6 Å². The molecule has 3 N–H and O–H groups in total. The minimum absolute atomic E-state index is 0.111. The molecule has 0 aliphatic carbocycles. The predicted molar refractivity (Wildman–Crippen MR) is 130 cm³/mol. The maximum Gasteiger partial charge on any atom is 0.335 e. The van der Waals surface area contributed by atoms with Crippen molar-refractivity contribution < 1.29 is 24.9 Å². The average molecular weight is 457 g/mol. The molecule has 2 aromatic rings. The van der Waals surface area contributed by atoms with Gasteiger partial charge in [0.1, 0.15) is 0 Å². The van der Waals surface area contributed by atoms with Gasteiger partial charge in [0.25, 0.3) is 0 Å². The monoisotopic (exact) mass is 456 g/mol. The molecule has 0 radical (unpaired) electrons. The number of piperidine rings is 1. The number of aromatic nitrogens is 1.